The lowest BCUT2D eigenvalue weighted by atomic mass is 9.99. The van der Waals surface area contributed by atoms with Crippen LogP contribution in [-0.2, 0) is 11.3 Å². The van der Waals surface area contributed by atoms with Crippen LogP contribution in [0.3, 0.4) is 0 Å². The van der Waals surface area contributed by atoms with Crippen molar-refractivity contribution in [2.75, 3.05) is 18.0 Å². The normalized spacial score (nSPS) is 19.1. The van der Waals surface area contributed by atoms with Crippen molar-refractivity contribution in [3.05, 3.63) is 28.2 Å². The Morgan fingerprint density at radius 2 is 2.30 bits per heavy atom. The minimum absolute atomic E-state index is 0.176. The number of nitrogens with zero attached hydrogens (tertiary/aromatic N) is 1. The molecule has 0 spiro atoms. The number of benzene rings is 1. The molecular formula is C15H22BrN3O. The third-order valence-electron chi connectivity index (χ3n) is 3.75. The predicted molar refractivity (Wildman–Crippen MR) is 85.7 cm³/mol. The first kappa shape index (κ1) is 15.3. The number of rotatable bonds is 5. The van der Waals surface area contributed by atoms with Crippen LogP contribution in [0.2, 0.25) is 0 Å². The monoisotopic (exact) mass is 339 g/mol. The highest BCUT2D eigenvalue weighted by Gasteiger charge is 2.28. The molecule has 1 heterocycles. The Bertz CT molecular complexity index is 478. The second-order valence-electron chi connectivity index (χ2n) is 5.16. The average molecular weight is 340 g/mol. The Morgan fingerprint density at radius 3 is 3.00 bits per heavy atom. The lowest BCUT2D eigenvalue weighted by Crippen LogP contribution is -2.48. The lowest BCUT2D eigenvalue weighted by molar-refractivity contribution is -0.119. The van der Waals surface area contributed by atoms with E-state index in [2.05, 4.69) is 45.2 Å². The Kier molecular flexibility index (Phi) is 5.43. The van der Waals surface area contributed by atoms with Gasteiger partial charge in [-0.25, -0.2) is 0 Å². The van der Waals surface area contributed by atoms with E-state index in [9.17, 15) is 4.79 Å². The minimum Gasteiger partial charge on any atom is -0.368 e. The molecule has 2 rings (SSSR count). The van der Waals surface area contributed by atoms with Crippen molar-refractivity contribution in [2.45, 2.75) is 38.8 Å². The van der Waals surface area contributed by atoms with Gasteiger partial charge in [-0.2, -0.15) is 0 Å². The number of amides is 1. The number of hydrogen-bond acceptors (Lipinski definition) is 3. The summed E-state index contributed by atoms with van der Waals surface area (Å²) >= 11 is 3.52. The van der Waals surface area contributed by atoms with Gasteiger partial charge in [-0.3, -0.25) is 4.79 Å². The van der Waals surface area contributed by atoms with Crippen molar-refractivity contribution >= 4 is 27.5 Å². The van der Waals surface area contributed by atoms with E-state index in [-0.39, 0.29) is 11.9 Å². The van der Waals surface area contributed by atoms with Crippen molar-refractivity contribution in [3.8, 4) is 0 Å². The van der Waals surface area contributed by atoms with Crippen LogP contribution in [0.4, 0.5) is 5.69 Å². The molecule has 5 heteroatoms. The maximum absolute atomic E-state index is 11.7. The molecule has 1 aliphatic rings. The summed E-state index contributed by atoms with van der Waals surface area (Å²) < 4.78 is 1.06. The predicted octanol–water partition coefficient (Wildman–Crippen LogP) is 2.40. The SMILES string of the molecule is CCNCc1cc(Br)ccc1N1CCCCC1C(N)=O. The Morgan fingerprint density at radius 1 is 1.50 bits per heavy atom. The number of carbonyl (C=O) groups excluding carboxylic acids is 1. The summed E-state index contributed by atoms with van der Waals surface area (Å²) in [5.41, 5.74) is 7.90. The summed E-state index contributed by atoms with van der Waals surface area (Å²) in [7, 11) is 0. The topological polar surface area (TPSA) is 58.4 Å². The number of piperidine rings is 1. The molecule has 0 aliphatic carbocycles. The van der Waals surface area contributed by atoms with Gasteiger partial charge in [0, 0.05) is 23.2 Å². The van der Waals surface area contributed by atoms with Crippen LogP contribution >= 0.6 is 15.9 Å². The van der Waals surface area contributed by atoms with Crippen molar-refractivity contribution in [3.63, 3.8) is 0 Å². The first-order valence-corrected chi connectivity index (χ1v) is 7.98. The van der Waals surface area contributed by atoms with E-state index in [1.54, 1.807) is 0 Å². The first-order valence-electron chi connectivity index (χ1n) is 7.18. The summed E-state index contributed by atoms with van der Waals surface area (Å²) in [5, 5.41) is 3.35. The van der Waals surface area contributed by atoms with Crippen molar-refractivity contribution in [2.24, 2.45) is 5.73 Å². The van der Waals surface area contributed by atoms with E-state index in [0.29, 0.717) is 0 Å². The van der Waals surface area contributed by atoms with E-state index < -0.39 is 0 Å². The third-order valence-corrected chi connectivity index (χ3v) is 4.24. The highest BCUT2D eigenvalue weighted by Crippen LogP contribution is 2.30. The molecule has 1 fully saturated rings. The fourth-order valence-electron chi connectivity index (χ4n) is 2.75. The van der Waals surface area contributed by atoms with E-state index in [1.165, 1.54) is 5.56 Å². The molecule has 4 nitrogen and oxygen atoms in total. The molecule has 1 aromatic rings. The van der Waals surface area contributed by atoms with Crippen LogP contribution in [0.25, 0.3) is 0 Å². The number of anilines is 1. The molecule has 0 bridgehead atoms. The lowest BCUT2D eigenvalue weighted by Gasteiger charge is -2.37. The summed E-state index contributed by atoms with van der Waals surface area (Å²) in [6.45, 7) is 4.71. The fraction of sp³-hybridized carbons (Fsp3) is 0.533. The summed E-state index contributed by atoms with van der Waals surface area (Å²) in [5.74, 6) is -0.220. The molecule has 1 atom stereocenters. The average Bonchev–Trinajstić information content (AvgIpc) is 2.45. The van der Waals surface area contributed by atoms with Gasteiger partial charge in [-0.1, -0.05) is 22.9 Å². The van der Waals surface area contributed by atoms with Crippen molar-refractivity contribution < 1.29 is 4.79 Å². The molecule has 1 aliphatic heterocycles. The second-order valence-corrected chi connectivity index (χ2v) is 6.08. The van der Waals surface area contributed by atoms with Crippen molar-refractivity contribution in [1.29, 1.82) is 0 Å². The number of primary amides is 1. The van der Waals surface area contributed by atoms with Crippen LogP contribution in [0.1, 0.15) is 31.7 Å². The van der Waals surface area contributed by atoms with Crippen LogP contribution in [0.15, 0.2) is 22.7 Å². The smallest absolute Gasteiger partial charge is 0.240 e. The number of nitrogens with one attached hydrogen (secondary N) is 1. The molecule has 3 N–H and O–H groups in total. The van der Waals surface area contributed by atoms with Gasteiger partial charge in [0.2, 0.25) is 5.91 Å². The van der Waals surface area contributed by atoms with Crippen LogP contribution in [0.5, 0.6) is 0 Å². The summed E-state index contributed by atoms with van der Waals surface area (Å²) in [6, 6.07) is 6.05. The third kappa shape index (κ3) is 3.52. The zero-order chi connectivity index (χ0) is 14.5. The molecule has 0 radical (unpaired) electrons. The molecule has 1 saturated heterocycles. The van der Waals surface area contributed by atoms with Gasteiger partial charge in [0.05, 0.1) is 0 Å². The van der Waals surface area contributed by atoms with Gasteiger partial charge >= 0.3 is 0 Å². The fourth-order valence-corrected chi connectivity index (χ4v) is 3.16. The molecule has 20 heavy (non-hydrogen) atoms. The highest BCUT2D eigenvalue weighted by molar-refractivity contribution is 9.10. The Hall–Kier alpha value is -1.07. The van der Waals surface area contributed by atoms with Crippen LogP contribution < -0.4 is 16.0 Å². The molecule has 0 aromatic heterocycles. The van der Waals surface area contributed by atoms with Crippen molar-refractivity contribution in [1.82, 2.24) is 5.32 Å². The molecule has 1 unspecified atom stereocenters. The van der Waals surface area contributed by atoms with Gasteiger partial charge in [0.25, 0.3) is 0 Å². The van der Waals surface area contributed by atoms with Gasteiger partial charge in [0.1, 0.15) is 6.04 Å². The van der Waals surface area contributed by atoms with E-state index in [1.807, 2.05) is 6.07 Å². The number of nitrogens with two attached hydrogens (primary N) is 1. The standard InChI is InChI=1S/C15H22BrN3O/c1-2-18-10-11-9-12(16)6-7-13(11)19-8-4-3-5-14(19)15(17)20/h6-7,9,14,18H,2-5,8,10H2,1H3,(H2,17,20). The Balaban J connectivity index is 2.31. The van der Waals surface area contributed by atoms with E-state index >= 15 is 0 Å². The first-order chi connectivity index (χ1) is 9.63. The maximum Gasteiger partial charge on any atom is 0.240 e. The van der Waals surface area contributed by atoms with Crippen LogP contribution in [-0.4, -0.2) is 25.0 Å². The molecule has 110 valence electrons. The molecule has 1 aromatic carbocycles. The zero-order valence-electron chi connectivity index (χ0n) is 11.9. The molecular weight excluding hydrogens is 318 g/mol. The highest BCUT2D eigenvalue weighted by atomic mass is 79.9. The zero-order valence-corrected chi connectivity index (χ0v) is 13.4. The maximum atomic E-state index is 11.7. The van der Waals surface area contributed by atoms with Crippen LogP contribution in [0, 0.1) is 0 Å². The summed E-state index contributed by atoms with van der Waals surface area (Å²) in [6.07, 6.45) is 3.04. The van der Waals surface area contributed by atoms with Gasteiger partial charge in [-0.05, 0) is 49.6 Å². The summed E-state index contributed by atoms with van der Waals surface area (Å²) in [4.78, 5) is 13.9. The minimum atomic E-state index is -0.220. The van der Waals surface area contributed by atoms with Gasteiger partial charge < -0.3 is 16.0 Å². The molecule has 1 amide bonds. The quantitative estimate of drug-likeness (QED) is 0.865. The second kappa shape index (κ2) is 7.09. The van der Waals surface area contributed by atoms with Gasteiger partial charge in [0.15, 0.2) is 0 Å². The Labute approximate surface area is 128 Å². The number of carbonyl (C=O) groups is 1. The van der Waals surface area contributed by atoms with Gasteiger partial charge in [-0.15, -0.1) is 0 Å². The molecule has 0 saturated carbocycles. The largest absolute Gasteiger partial charge is 0.368 e. The van der Waals surface area contributed by atoms with E-state index in [4.69, 9.17) is 5.73 Å². The van der Waals surface area contributed by atoms with E-state index in [0.717, 1.165) is 49.1 Å². The number of hydrogen-bond donors (Lipinski definition) is 2. The number of halogens is 1.